The maximum Gasteiger partial charge on any atom is 0.416 e. The van der Waals surface area contributed by atoms with Gasteiger partial charge >= 0.3 is 6.18 Å². The molecule has 0 aliphatic rings. The van der Waals surface area contributed by atoms with Gasteiger partial charge < -0.3 is 14.2 Å². The number of carbonyl (C=O) groups excluding carboxylic acids is 1. The van der Waals surface area contributed by atoms with Gasteiger partial charge in [0, 0.05) is 40.9 Å². The number of aryl methyl sites for hydroxylation is 1. The van der Waals surface area contributed by atoms with Crippen LogP contribution >= 0.6 is 23.1 Å². The Balaban J connectivity index is 1.53. The van der Waals surface area contributed by atoms with Gasteiger partial charge in [0.05, 0.1) is 54.2 Å². The molecular weight excluding hydrogens is 685 g/mol. The molecule has 4 rings (SSSR count). The van der Waals surface area contributed by atoms with Crippen molar-refractivity contribution in [3.05, 3.63) is 81.7 Å². The van der Waals surface area contributed by atoms with Crippen LogP contribution in [0.3, 0.4) is 0 Å². The highest BCUT2D eigenvalue weighted by atomic mass is 32.2. The van der Waals surface area contributed by atoms with Gasteiger partial charge in [-0.2, -0.15) is 18.3 Å². The van der Waals surface area contributed by atoms with Gasteiger partial charge in [0.1, 0.15) is 11.5 Å². The zero-order valence-electron chi connectivity index (χ0n) is 27.2. The quantitative estimate of drug-likeness (QED) is 0.0180. The summed E-state index contributed by atoms with van der Waals surface area (Å²) in [5.74, 6) is -0.713. The molecule has 10 nitrogen and oxygen atoms in total. The number of benzene rings is 2. The minimum absolute atomic E-state index is 0.109. The molecule has 16 heteroatoms. The van der Waals surface area contributed by atoms with E-state index >= 15 is 0 Å². The normalized spacial score (nSPS) is 11.7. The molecule has 0 saturated heterocycles. The van der Waals surface area contributed by atoms with Crippen LogP contribution in [0.15, 0.2) is 57.9 Å². The first-order valence-corrected chi connectivity index (χ1v) is 17.2. The fraction of sp³-hybridized carbons (Fsp3) is 0.424. The van der Waals surface area contributed by atoms with Crippen molar-refractivity contribution in [3.63, 3.8) is 0 Å². The van der Waals surface area contributed by atoms with Gasteiger partial charge in [0.25, 0.3) is 0 Å². The second kappa shape index (κ2) is 18.3. The number of carbonyl (C=O) groups is 1. The Kier molecular flexibility index (Phi) is 14.2. The number of Topliss-reactive ketones (excluding diaryl/α,β-unsaturated/α-hetero) is 1. The Morgan fingerprint density at radius 1 is 1.02 bits per heavy atom. The van der Waals surface area contributed by atoms with Gasteiger partial charge in [0.15, 0.2) is 5.78 Å². The van der Waals surface area contributed by atoms with Crippen LogP contribution in [0.1, 0.15) is 48.4 Å². The van der Waals surface area contributed by atoms with Crippen LogP contribution in [0.25, 0.3) is 38.0 Å². The number of nitrogens with zero attached hydrogens (tertiary/aromatic N) is 6. The molecule has 0 amide bonds. The summed E-state index contributed by atoms with van der Waals surface area (Å²) in [6, 6.07) is 10.7. The van der Waals surface area contributed by atoms with E-state index in [1.165, 1.54) is 52.0 Å². The average Bonchev–Trinajstić information content (AvgIpc) is 3.63. The van der Waals surface area contributed by atoms with E-state index < -0.39 is 17.6 Å². The summed E-state index contributed by atoms with van der Waals surface area (Å²) in [7, 11) is 0. The van der Waals surface area contributed by atoms with Crippen LogP contribution in [0, 0.1) is 12.7 Å². The summed E-state index contributed by atoms with van der Waals surface area (Å²) in [4.78, 5) is 21.3. The topological polar surface area (TPSA) is 124 Å². The van der Waals surface area contributed by atoms with Crippen LogP contribution in [-0.4, -0.2) is 72.0 Å². The second-order valence-electron chi connectivity index (χ2n) is 10.9. The van der Waals surface area contributed by atoms with E-state index in [0.717, 1.165) is 16.3 Å². The van der Waals surface area contributed by atoms with E-state index in [1.807, 2.05) is 13.8 Å². The zero-order valence-corrected chi connectivity index (χ0v) is 28.8. The number of thioether (sulfide) groups is 1. The Morgan fingerprint density at radius 2 is 1.69 bits per heavy atom. The third-order valence-corrected chi connectivity index (χ3v) is 9.11. The van der Waals surface area contributed by atoms with Crippen molar-refractivity contribution < 1.29 is 36.6 Å². The maximum atomic E-state index is 14.4. The molecule has 0 saturated carbocycles. The van der Waals surface area contributed by atoms with Crippen molar-refractivity contribution in [2.24, 2.45) is 5.11 Å². The fourth-order valence-corrected chi connectivity index (χ4v) is 7.22. The lowest BCUT2D eigenvalue weighted by molar-refractivity contribution is -0.137. The summed E-state index contributed by atoms with van der Waals surface area (Å²) in [5, 5.41) is 8.56. The molecule has 0 radical (unpaired) electrons. The molecule has 0 aliphatic heterocycles. The number of thiazole rings is 1. The third-order valence-electron chi connectivity index (χ3n) is 6.87. The van der Waals surface area contributed by atoms with Crippen molar-refractivity contribution in [1.82, 2.24) is 14.8 Å². The van der Waals surface area contributed by atoms with Gasteiger partial charge in [0.2, 0.25) is 5.13 Å². The lowest BCUT2D eigenvalue weighted by atomic mass is 9.99. The van der Waals surface area contributed by atoms with Crippen LogP contribution < -0.4 is 0 Å². The molecule has 49 heavy (non-hydrogen) atoms. The van der Waals surface area contributed by atoms with Gasteiger partial charge in [-0.1, -0.05) is 54.6 Å². The van der Waals surface area contributed by atoms with Crippen molar-refractivity contribution >= 4 is 28.9 Å². The molecule has 0 N–H and O–H groups in total. The second-order valence-corrected chi connectivity index (χ2v) is 13.7. The Labute approximate surface area is 289 Å². The minimum atomic E-state index is -4.47. The van der Waals surface area contributed by atoms with E-state index in [1.54, 1.807) is 19.1 Å². The highest BCUT2D eigenvalue weighted by Gasteiger charge is 2.31. The Morgan fingerprint density at radius 3 is 2.33 bits per heavy atom. The number of ketones is 1. The van der Waals surface area contributed by atoms with Crippen molar-refractivity contribution in [2.75, 3.05) is 46.2 Å². The number of rotatable bonds is 19. The highest BCUT2D eigenvalue weighted by Crippen LogP contribution is 2.42. The summed E-state index contributed by atoms with van der Waals surface area (Å²) in [6.45, 7) is 7.97. The average molecular weight is 721 g/mol. The van der Waals surface area contributed by atoms with E-state index in [0.29, 0.717) is 79.3 Å². The standard InChI is InChI=1S/C33H36F4N6O4S2/c1-21(2)48-31-29(23-9-11-25(12-10-23)33(35,36)37)40-32(49-31)43-30(28(22(3)41-43)24-6-4-7-26(34)20-24)27(44)8-5-14-45-16-18-47-19-17-46-15-13-39-42-38/h4,6-7,9-12,20-21H,5,8,13-19H2,1-3H3. The largest absolute Gasteiger partial charge is 0.416 e. The molecule has 2 aromatic carbocycles. The van der Waals surface area contributed by atoms with E-state index in [-0.39, 0.29) is 29.7 Å². The molecule has 0 spiro atoms. The fourth-order valence-electron chi connectivity index (χ4n) is 4.74. The van der Waals surface area contributed by atoms with Crippen LogP contribution in [0.4, 0.5) is 17.6 Å². The van der Waals surface area contributed by atoms with E-state index in [2.05, 4.69) is 15.1 Å². The van der Waals surface area contributed by atoms with E-state index in [4.69, 9.17) is 24.7 Å². The zero-order chi connectivity index (χ0) is 35.4. The van der Waals surface area contributed by atoms with Gasteiger partial charge in [-0.05, 0) is 48.7 Å². The molecule has 2 aromatic heterocycles. The number of hydrogen-bond donors (Lipinski definition) is 0. The van der Waals surface area contributed by atoms with Crippen LogP contribution in [0.5, 0.6) is 0 Å². The molecule has 0 aliphatic carbocycles. The molecule has 4 aromatic rings. The number of ether oxygens (including phenoxy) is 3. The molecule has 0 unspecified atom stereocenters. The summed E-state index contributed by atoms with van der Waals surface area (Å²) in [6.07, 6.45) is -3.96. The monoisotopic (exact) mass is 720 g/mol. The van der Waals surface area contributed by atoms with Crippen molar-refractivity contribution in [2.45, 2.75) is 49.2 Å². The van der Waals surface area contributed by atoms with Gasteiger partial charge in [-0.15, -0.1) is 11.8 Å². The molecule has 0 atom stereocenters. The summed E-state index contributed by atoms with van der Waals surface area (Å²) in [5.41, 5.74) is 10.2. The third kappa shape index (κ3) is 10.8. The first-order chi connectivity index (χ1) is 23.5. The number of hydrogen-bond acceptors (Lipinski definition) is 9. The number of aromatic nitrogens is 3. The molecule has 2 heterocycles. The van der Waals surface area contributed by atoms with E-state index in [9.17, 15) is 22.4 Å². The molecule has 262 valence electrons. The first-order valence-electron chi connectivity index (χ1n) is 15.5. The number of halogens is 4. The molecule has 0 bridgehead atoms. The summed E-state index contributed by atoms with van der Waals surface area (Å²) < 4.78 is 72.7. The van der Waals surface area contributed by atoms with Crippen molar-refractivity contribution in [1.29, 1.82) is 0 Å². The lowest BCUT2D eigenvalue weighted by Crippen LogP contribution is -2.12. The molecular formula is C33H36F4N6O4S2. The summed E-state index contributed by atoms with van der Waals surface area (Å²) >= 11 is 2.79. The predicted octanol–water partition coefficient (Wildman–Crippen LogP) is 8.95. The number of azide groups is 1. The maximum absolute atomic E-state index is 14.4. The lowest BCUT2D eigenvalue weighted by Gasteiger charge is -2.09. The number of alkyl halides is 3. The van der Waals surface area contributed by atoms with Gasteiger partial charge in [-0.25, -0.2) is 14.1 Å². The minimum Gasteiger partial charge on any atom is -0.379 e. The van der Waals surface area contributed by atoms with Gasteiger partial charge in [-0.3, -0.25) is 4.79 Å². The molecule has 0 fully saturated rings. The predicted molar refractivity (Wildman–Crippen MR) is 181 cm³/mol. The van der Waals surface area contributed by atoms with Crippen LogP contribution in [0.2, 0.25) is 0 Å². The highest BCUT2D eigenvalue weighted by molar-refractivity contribution is 8.01. The Hall–Kier alpha value is -3.79. The smallest absolute Gasteiger partial charge is 0.379 e. The first kappa shape index (κ1) is 38.0. The Bertz CT molecular complexity index is 1740. The SMILES string of the molecule is Cc1nn(-c2nc(-c3ccc(C(F)(F)F)cc3)c(SC(C)C)s2)c(C(=O)CCCOCCOCCOCCN=[N+]=[N-])c1-c1cccc(F)c1. The van der Waals surface area contributed by atoms with Crippen LogP contribution in [-0.2, 0) is 20.4 Å². The van der Waals surface area contributed by atoms with Crippen molar-refractivity contribution in [3.8, 4) is 27.5 Å².